The minimum atomic E-state index is -0.603. The van der Waals surface area contributed by atoms with Crippen molar-refractivity contribution in [3.63, 3.8) is 0 Å². The molecule has 4 aromatic rings. The van der Waals surface area contributed by atoms with Gasteiger partial charge in [0.2, 0.25) is 5.91 Å². The highest BCUT2D eigenvalue weighted by Gasteiger charge is 2.31. The zero-order valence-electron chi connectivity index (χ0n) is 25.3. The Balaban J connectivity index is 1.20. The molecule has 1 amide bonds. The number of nitrogens with one attached hydrogen (secondary N) is 2. The van der Waals surface area contributed by atoms with Crippen molar-refractivity contribution in [3.8, 4) is 5.75 Å². The van der Waals surface area contributed by atoms with Crippen molar-refractivity contribution in [1.82, 2.24) is 24.8 Å². The normalized spacial score (nSPS) is 19.7. The molecule has 9 nitrogen and oxygen atoms in total. The van der Waals surface area contributed by atoms with Crippen molar-refractivity contribution >= 4 is 28.7 Å². The van der Waals surface area contributed by atoms with Gasteiger partial charge < -0.3 is 10.1 Å². The molecule has 236 valence electrons. The van der Waals surface area contributed by atoms with E-state index in [9.17, 15) is 18.8 Å². The average molecular weight is 632 g/mol. The number of thioether (sulfide) groups is 1. The van der Waals surface area contributed by atoms with Crippen LogP contribution in [0.1, 0.15) is 67.8 Å². The zero-order valence-corrected chi connectivity index (χ0v) is 26.1. The van der Waals surface area contributed by atoms with Crippen molar-refractivity contribution < 1.29 is 13.9 Å². The van der Waals surface area contributed by atoms with Gasteiger partial charge in [-0.25, -0.2) is 14.2 Å². The summed E-state index contributed by atoms with van der Waals surface area (Å²) >= 11 is 1.84. The number of pyridine rings is 1. The summed E-state index contributed by atoms with van der Waals surface area (Å²) in [5.41, 5.74) is 1.27. The number of carbonyl (C=O) groups excluding carboxylic acids is 1. The van der Waals surface area contributed by atoms with E-state index in [2.05, 4.69) is 15.6 Å². The summed E-state index contributed by atoms with van der Waals surface area (Å²) in [5.74, 6) is 1.81. The molecule has 6 rings (SSSR count). The number of aromatic nitrogens is 3. The van der Waals surface area contributed by atoms with Gasteiger partial charge in [0.15, 0.2) is 0 Å². The highest BCUT2D eigenvalue weighted by Crippen LogP contribution is 2.30. The standard InChI is InChI=1S/C34H38FN5O4S/c1-44-28-13-7-23(8-14-28)30(36-20-22-5-3-2-4-6-22)32(41)38-25-9-11-26(12-10-25)40-33(42)29-19-24(35)21-37-31(29)39(34(40)43)27-15-17-45-18-16-27/h2-8,13-14,19,21,25-27,30,36H,9-12,15-18,20H2,1H3,(H,38,41). The molecule has 0 radical (unpaired) electrons. The number of rotatable bonds is 9. The summed E-state index contributed by atoms with van der Waals surface area (Å²) in [5, 5.41) is 6.76. The third kappa shape index (κ3) is 6.84. The first-order valence-corrected chi connectivity index (χ1v) is 16.7. The molecule has 2 N–H and O–H groups in total. The first-order valence-electron chi connectivity index (χ1n) is 15.5. The molecule has 1 saturated heterocycles. The molecule has 2 fully saturated rings. The maximum absolute atomic E-state index is 14.3. The van der Waals surface area contributed by atoms with Gasteiger partial charge in [-0.3, -0.25) is 24.0 Å². The Bertz CT molecular complexity index is 1750. The Labute approximate surface area is 265 Å². The third-order valence-corrected chi connectivity index (χ3v) is 10.0. The van der Waals surface area contributed by atoms with Gasteiger partial charge in [-0.1, -0.05) is 42.5 Å². The zero-order chi connectivity index (χ0) is 31.3. The molecule has 45 heavy (non-hydrogen) atoms. The number of carbonyl (C=O) groups is 1. The van der Waals surface area contributed by atoms with E-state index >= 15 is 0 Å². The third-order valence-electron chi connectivity index (χ3n) is 8.95. The van der Waals surface area contributed by atoms with Gasteiger partial charge in [0.05, 0.1) is 18.7 Å². The van der Waals surface area contributed by atoms with Gasteiger partial charge in [-0.2, -0.15) is 11.8 Å². The molecule has 3 heterocycles. The molecular formula is C34H38FN5O4S. The first-order chi connectivity index (χ1) is 21.9. The van der Waals surface area contributed by atoms with Gasteiger partial charge in [0, 0.05) is 24.7 Å². The molecule has 1 unspecified atom stereocenters. The van der Waals surface area contributed by atoms with Crippen molar-refractivity contribution in [2.45, 2.75) is 69.2 Å². The number of hydrogen-bond donors (Lipinski definition) is 2. The molecule has 2 aromatic heterocycles. The lowest BCUT2D eigenvalue weighted by Crippen LogP contribution is -2.47. The van der Waals surface area contributed by atoms with Gasteiger partial charge in [-0.05, 0) is 79.4 Å². The molecule has 0 bridgehead atoms. The SMILES string of the molecule is COc1ccc(C(NCc2ccccc2)C(=O)NC2CCC(n3c(=O)c4cc(F)cnc4n(C4CCSCC4)c3=O)CC2)cc1. The van der Waals surface area contributed by atoms with Crippen molar-refractivity contribution in [2.24, 2.45) is 0 Å². The highest BCUT2D eigenvalue weighted by atomic mass is 32.2. The van der Waals surface area contributed by atoms with E-state index in [0.717, 1.165) is 41.7 Å². The fourth-order valence-electron chi connectivity index (χ4n) is 6.54. The van der Waals surface area contributed by atoms with Crippen LogP contribution in [0.2, 0.25) is 0 Å². The fraction of sp³-hybridized carbons (Fsp3) is 0.412. The lowest BCUT2D eigenvalue weighted by molar-refractivity contribution is -0.124. The predicted molar refractivity (Wildman–Crippen MR) is 174 cm³/mol. The monoisotopic (exact) mass is 631 g/mol. The summed E-state index contributed by atoms with van der Waals surface area (Å²) in [6, 6.07) is 17.4. The van der Waals surface area contributed by atoms with Crippen molar-refractivity contribution in [1.29, 1.82) is 0 Å². The number of hydrogen-bond acceptors (Lipinski definition) is 7. The minimum Gasteiger partial charge on any atom is -0.497 e. The minimum absolute atomic E-state index is 0.0834. The smallest absolute Gasteiger partial charge is 0.333 e. The Morgan fingerprint density at radius 3 is 2.36 bits per heavy atom. The molecule has 1 saturated carbocycles. The maximum Gasteiger partial charge on any atom is 0.333 e. The van der Waals surface area contributed by atoms with Gasteiger partial charge in [-0.15, -0.1) is 0 Å². The van der Waals surface area contributed by atoms with Crippen molar-refractivity contribution in [3.05, 3.63) is 105 Å². The molecular weight excluding hydrogens is 593 g/mol. The quantitative estimate of drug-likeness (QED) is 0.271. The van der Waals surface area contributed by atoms with Gasteiger partial charge in [0.25, 0.3) is 5.56 Å². The van der Waals surface area contributed by atoms with Gasteiger partial charge >= 0.3 is 5.69 Å². The van der Waals surface area contributed by atoms with Crippen LogP contribution in [-0.4, -0.2) is 44.7 Å². The van der Waals surface area contributed by atoms with E-state index in [0.29, 0.717) is 38.0 Å². The molecule has 2 aliphatic rings. The number of halogens is 1. The van der Waals surface area contributed by atoms with Crippen molar-refractivity contribution in [2.75, 3.05) is 18.6 Å². The molecule has 2 aromatic carbocycles. The number of ether oxygens (including phenoxy) is 1. The second-order valence-electron chi connectivity index (χ2n) is 11.8. The number of fused-ring (bicyclic) bond motifs is 1. The summed E-state index contributed by atoms with van der Waals surface area (Å²) < 4.78 is 22.5. The van der Waals surface area contributed by atoms with Crippen LogP contribution >= 0.6 is 11.8 Å². The van der Waals surface area contributed by atoms with Crippen LogP contribution in [0.4, 0.5) is 4.39 Å². The lowest BCUT2D eigenvalue weighted by Gasteiger charge is -2.32. The highest BCUT2D eigenvalue weighted by molar-refractivity contribution is 7.99. The Hall–Kier alpha value is -3.96. The Morgan fingerprint density at radius 2 is 1.67 bits per heavy atom. The lowest BCUT2D eigenvalue weighted by atomic mass is 9.90. The first kappa shape index (κ1) is 31.0. The van der Waals surface area contributed by atoms with Crippen LogP contribution in [0.25, 0.3) is 11.0 Å². The summed E-state index contributed by atoms with van der Waals surface area (Å²) in [7, 11) is 1.61. The second kappa shape index (κ2) is 14.0. The van der Waals surface area contributed by atoms with Crippen LogP contribution in [0.15, 0.2) is 76.4 Å². The second-order valence-corrected chi connectivity index (χ2v) is 13.0. The van der Waals surface area contributed by atoms with E-state index in [1.54, 1.807) is 11.7 Å². The fourth-order valence-corrected chi connectivity index (χ4v) is 7.62. The molecule has 1 aliphatic carbocycles. The maximum atomic E-state index is 14.3. The Kier molecular flexibility index (Phi) is 9.65. The number of nitrogens with zero attached hydrogens (tertiary/aromatic N) is 3. The van der Waals surface area contributed by atoms with Crippen LogP contribution in [0.3, 0.4) is 0 Å². The van der Waals surface area contributed by atoms with E-state index in [4.69, 9.17) is 4.74 Å². The van der Waals surface area contributed by atoms with E-state index in [1.165, 1.54) is 10.6 Å². The largest absolute Gasteiger partial charge is 0.497 e. The molecule has 1 aliphatic heterocycles. The number of amides is 1. The van der Waals surface area contributed by atoms with E-state index in [1.807, 2.05) is 66.4 Å². The predicted octanol–water partition coefficient (Wildman–Crippen LogP) is 4.91. The topological polar surface area (TPSA) is 107 Å². The number of benzene rings is 2. The van der Waals surface area contributed by atoms with Crippen LogP contribution in [0, 0.1) is 5.82 Å². The average Bonchev–Trinajstić information content (AvgIpc) is 3.07. The van der Waals surface area contributed by atoms with Crippen LogP contribution < -0.4 is 26.6 Å². The summed E-state index contributed by atoms with van der Waals surface area (Å²) in [4.78, 5) is 45.4. The molecule has 11 heteroatoms. The van der Waals surface area contributed by atoms with Crippen LogP contribution in [0.5, 0.6) is 5.75 Å². The van der Waals surface area contributed by atoms with E-state index in [-0.39, 0.29) is 40.8 Å². The van der Waals surface area contributed by atoms with E-state index < -0.39 is 17.4 Å². The Morgan fingerprint density at radius 1 is 0.978 bits per heavy atom. The molecule has 1 atom stereocenters. The van der Waals surface area contributed by atoms with Gasteiger partial charge in [0.1, 0.15) is 23.3 Å². The molecule has 0 spiro atoms. The summed E-state index contributed by atoms with van der Waals surface area (Å²) in [6.45, 7) is 0.518. The summed E-state index contributed by atoms with van der Waals surface area (Å²) in [6.07, 6.45) is 4.96. The number of methoxy groups -OCH3 is 1. The van der Waals surface area contributed by atoms with Crippen LogP contribution in [-0.2, 0) is 11.3 Å².